The van der Waals surface area contributed by atoms with Gasteiger partial charge in [0, 0.05) is 6.04 Å². The Morgan fingerprint density at radius 1 is 1.24 bits per heavy atom. The lowest BCUT2D eigenvalue weighted by Crippen LogP contribution is -2.44. The van der Waals surface area contributed by atoms with Crippen LogP contribution in [0, 0.1) is 12.3 Å². The molecular formula is C15H23NO. The van der Waals surface area contributed by atoms with Gasteiger partial charge in [-0.25, -0.2) is 0 Å². The molecule has 2 heteroatoms. The van der Waals surface area contributed by atoms with Crippen LogP contribution < -0.4 is 10.1 Å². The minimum absolute atomic E-state index is 0.290. The van der Waals surface area contributed by atoms with Gasteiger partial charge in [0.05, 0.1) is 0 Å². The number of hydrogen-bond donors (Lipinski definition) is 1. The van der Waals surface area contributed by atoms with Gasteiger partial charge in [0.2, 0.25) is 0 Å². The van der Waals surface area contributed by atoms with Crippen molar-refractivity contribution in [1.82, 2.24) is 5.32 Å². The molecule has 0 saturated heterocycles. The van der Waals surface area contributed by atoms with Crippen molar-refractivity contribution < 1.29 is 4.74 Å². The normalized spacial score (nSPS) is 27.1. The van der Waals surface area contributed by atoms with Crippen molar-refractivity contribution in [1.29, 1.82) is 0 Å². The van der Waals surface area contributed by atoms with Crippen molar-refractivity contribution in [3.05, 3.63) is 29.8 Å². The van der Waals surface area contributed by atoms with Crippen molar-refractivity contribution in [3.8, 4) is 5.75 Å². The van der Waals surface area contributed by atoms with Gasteiger partial charge in [-0.15, -0.1) is 0 Å². The third-order valence-corrected chi connectivity index (χ3v) is 3.91. The van der Waals surface area contributed by atoms with Crippen molar-refractivity contribution in [2.24, 2.45) is 5.41 Å². The van der Waals surface area contributed by atoms with Crippen LogP contribution in [0.3, 0.4) is 0 Å². The highest BCUT2D eigenvalue weighted by molar-refractivity contribution is 5.26. The number of benzene rings is 1. The summed E-state index contributed by atoms with van der Waals surface area (Å²) in [5, 5.41) is 3.41. The number of nitrogens with one attached hydrogen (secondary N) is 1. The first kappa shape index (κ1) is 12.4. The van der Waals surface area contributed by atoms with Gasteiger partial charge in [0.25, 0.3) is 0 Å². The van der Waals surface area contributed by atoms with Crippen LogP contribution in [0.5, 0.6) is 5.75 Å². The summed E-state index contributed by atoms with van der Waals surface area (Å²) in [5.41, 5.74) is 1.60. The topological polar surface area (TPSA) is 21.3 Å². The van der Waals surface area contributed by atoms with Crippen molar-refractivity contribution in [3.63, 3.8) is 0 Å². The van der Waals surface area contributed by atoms with Crippen molar-refractivity contribution >= 4 is 0 Å². The molecule has 1 fully saturated rings. The maximum absolute atomic E-state index is 6.11. The molecule has 1 aliphatic rings. The molecule has 2 atom stereocenters. The second-order valence-corrected chi connectivity index (χ2v) is 5.76. The smallest absolute Gasteiger partial charge is 0.119 e. The van der Waals surface area contributed by atoms with E-state index in [2.05, 4.69) is 50.4 Å². The Morgan fingerprint density at radius 2 is 1.88 bits per heavy atom. The molecule has 1 aromatic carbocycles. The van der Waals surface area contributed by atoms with Gasteiger partial charge in [0.1, 0.15) is 11.9 Å². The fourth-order valence-electron chi connectivity index (χ4n) is 2.83. The SMILES string of the molecule is CNC1C(Oc2ccc(C)cc2)CCC1(C)C. The van der Waals surface area contributed by atoms with E-state index >= 15 is 0 Å². The molecule has 0 spiro atoms. The molecule has 0 bridgehead atoms. The molecule has 0 radical (unpaired) electrons. The Morgan fingerprint density at radius 3 is 2.47 bits per heavy atom. The summed E-state index contributed by atoms with van der Waals surface area (Å²) in [6.45, 7) is 6.72. The number of likely N-dealkylation sites (N-methyl/N-ethyl adjacent to an activating group) is 1. The molecule has 0 aliphatic heterocycles. The first-order valence-corrected chi connectivity index (χ1v) is 6.43. The van der Waals surface area contributed by atoms with Gasteiger partial charge in [-0.1, -0.05) is 31.5 Å². The standard InChI is InChI=1S/C15H23NO/c1-11-5-7-12(8-6-11)17-13-9-10-15(2,3)14(13)16-4/h5-8,13-14,16H,9-10H2,1-4H3. The number of rotatable bonds is 3. The van der Waals surface area contributed by atoms with Crippen LogP contribution in [0.1, 0.15) is 32.3 Å². The molecule has 1 saturated carbocycles. The van der Waals surface area contributed by atoms with E-state index in [1.54, 1.807) is 0 Å². The molecule has 1 aromatic rings. The van der Waals surface area contributed by atoms with E-state index in [4.69, 9.17) is 4.74 Å². The van der Waals surface area contributed by atoms with Crippen LogP contribution in [-0.4, -0.2) is 19.2 Å². The fourth-order valence-corrected chi connectivity index (χ4v) is 2.83. The molecule has 1 aliphatic carbocycles. The van der Waals surface area contributed by atoms with E-state index in [1.165, 1.54) is 12.0 Å². The summed E-state index contributed by atoms with van der Waals surface area (Å²) < 4.78 is 6.11. The van der Waals surface area contributed by atoms with Crippen LogP contribution >= 0.6 is 0 Å². The molecule has 0 heterocycles. The fraction of sp³-hybridized carbons (Fsp3) is 0.600. The quantitative estimate of drug-likeness (QED) is 0.866. The van der Waals surface area contributed by atoms with E-state index in [0.29, 0.717) is 11.5 Å². The van der Waals surface area contributed by atoms with E-state index in [0.717, 1.165) is 12.2 Å². The summed E-state index contributed by atoms with van der Waals surface area (Å²) in [7, 11) is 2.03. The lowest BCUT2D eigenvalue weighted by Gasteiger charge is -2.30. The average molecular weight is 233 g/mol. The summed E-state index contributed by atoms with van der Waals surface area (Å²) in [6.07, 6.45) is 2.64. The Hall–Kier alpha value is -1.02. The van der Waals surface area contributed by atoms with Crippen LogP contribution in [-0.2, 0) is 0 Å². The molecule has 0 aromatic heterocycles. The van der Waals surface area contributed by atoms with E-state index in [9.17, 15) is 0 Å². The molecule has 2 unspecified atom stereocenters. The van der Waals surface area contributed by atoms with Gasteiger partial charge < -0.3 is 10.1 Å². The molecule has 94 valence electrons. The predicted molar refractivity (Wildman–Crippen MR) is 71.5 cm³/mol. The van der Waals surface area contributed by atoms with Gasteiger partial charge in [-0.3, -0.25) is 0 Å². The third-order valence-electron chi connectivity index (χ3n) is 3.91. The third kappa shape index (κ3) is 2.63. The van der Waals surface area contributed by atoms with E-state index in [1.807, 2.05) is 7.05 Å². The summed E-state index contributed by atoms with van der Waals surface area (Å²) >= 11 is 0. The molecule has 0 amide bonds. The molecule has 17 heavy (non-hydrogen) atoms. The van der Waals surface area contributed by atoms with Gasteiger partial charge in [-0.05, 0) is 44.4 Å². The van der Waals surface area contributed by atoms with Crippen molar-refractivity contribution in [2.45, 2.75) is 45.8 Å². The van der Waals surface area contributed by atoms with Gasteiger partial charge >= 0.3 is 0 Å². The van der Waals surface area contributed by atoms with Crippen LogP contribution in [0.2, 0.25) is 0 Å². The zero-order chi connectivity index (χ0) is 12.5. The van der Waals surface area contributed by atoms with E-state index in [-0.39, 0.29) is 6.10 Å². The maximum atomic E-state index is 6.11. The highest BCUT2D eigenvalue weighted by atomic mass is 16.5. The average Bonchev–Trinajstić information content (AvgIpc) is 2.57. The largest absolute Gasteiger partial charge is 0.489 e. The molecular weight excluding hydrogens is 210 g/mol. The van der Waals surface area contributed by atoms with Crippen LogP contribution in [0.15, 0.2) is 24.3 Å². The Balaban J connectivity index is 2.07. The first-order valence-electron chi connectivity index (χ1n) is 6.43. The highest BCUT2D eigenvalue weighted by Crippen LogP contribution is 2.39. The van der Waals surface area contributed by atoms with E-state index < -0.39 is 0 Å². The monoisotopic (exact) mass is 233 g/mol. The lowest BCUT2D eigenvalue weighted by molar-refractivity contribution is 0.146. The first-order chi connectivity index (χ1) is 8.03. The minimum Gasteiger partial charge on any atom is -0.489 e. The summed E-state index contributed by atoms with van der Waals surface area (Å²) in [4.78, 5) is 0. The Kier molecular flexibility index (Phi) is 3.43. The predicted octanol–water partition coefficient (Wildman–Crippen LogP) is 3.15. The lowest BCUT2D eigenvalue weighted by atomic mass is 9.87. The Bertz CT molecular complexity index is 369. The molecule has 2 nitrogen and oxygen atoms in total. The zero-order valence-corrected chi connectivity index (χ0v) is 11.3. The molecule has 1 N–H and O–H groups in total. The zero-order valence-electron chi connectivity index (χ0n) is 11.3. The number of hydrogen-bond acceptors (Lipinski definition) is 2. The minimum atomic E-state index is 0.290. The molecule has 2 rings (SSSR count). The Labute approximate surface area is 104 Å². The van der Waals surface area contributed by atoms with Gasteiger partial charge in [0.15, 0.2) is 0 Å². The van der Waals surface area contributed by atoms with Crippen molar-refractivity contribution in [2.75, 3.05) is 7.05 Å². The summed E-state index contributed by atoms with van der Waals surface area (Å²) in [5.74, 6) is 0.985. The summed E-state index contributed by atoms with van der Waals surface area (Å²) in [6, 6.07) is 8.76. The van der Waals surface area contributed by atoms with Crippen LogP contribution in [0.4, 0.5) is 0 Å². The van der Waals surface area contributed by atoms with Gasteiger partial charge in [-0.2, -0.15) is 0 Å². The number of ether oxygens (including phenoxy) is 1. The highest BCUT2D eigenvalue weighted by Gasteiger charge is 2.42. The number of aryl methyl sites for hydroxylation is 1. The second-order valence-electron chi connectivity index (χ2n) is 5.76. The van der Waals surface area contributed by atoms with Crippen LogP contribution in [0.25, 0.3) is 0 Å². The maximum Gasteiger partial charge on any atom is 0.119 e. The second kappa shape index (κ2) is 4.69.